The second-order valence-electron chi connectivity index (χ2n) is 4.72. The number of amides is 1. The van der Waals surface area contributed by atoms with E-state index in [2.05, 4.69) is 4.98 Å². The monoisotopic (exact) mass is 300 g/mol. The van der Waals surface area contributed by atoms with Crippen molar-refractivity contribution >= 4 is 23.5 Å². The number of rotatable bonds is 5. The van der Waals surface area contributed by atoms with E-state index < -0.39 is 5.97 Å². The lowest BCUT2D eigenvalue weighted by atomic mass is 10.1. The molecule has 2 heterocycles. The molecule has 2 rings (SSSR count). The molecule has 1 saturated heterocycles. The number of aromatic amines is 1. The number of ether oxygens (including phenoxy) is 1. The number of H-pyrrole nitrogens is 1. The van der Waals surface area contributed by atoms with E-state index in [4.69, 9.17) is 21.4 Å². The number of halogens is 1. The lowest BCUT2D eigenvalue weighted by Crippen LogP contribution is -2.44. The molecule has 7 heteroatoms. The minimum absolute atomic E-state index is 0.0117. The maximum absolute atomic E-state index is 12.5. The van der Waals surface area contributed by atoms with Gasteiger partial charge in [0, 0.05) is 32.0 Å². The molecule has 0 spiro atoms. The summed E-state index contributed by atoms with van der Waals surface area (Å²) < 4.78 is 5.28. The van der Waals surface area contributed by atoms with Gasteiger partial charge in [-0.1, -0.05) is 11.6 Å². The minimum atomic E-state index is -0.917. The Morgan fingerprint density at radius 2 is 2.15 bits per heavy atom. The highest BCUT2D eigenvalue weighted by Gasteiger charge is 2.27. The molecule has 0 aromatic carbocycles. The number of hydrogen-bond donors (Lipinski definition) is 2. The summed E-state index contributed by atoms with van der Waals surface area (Å²) in [6.45, 7) is 1.37. The Bertz CT molecular complexity index is 482. The van der Waals surface area contributed by atoms with Gasteiger partial charge in [0.2, 0.25) is 0 Å². The van der Waals surface area contributed by atoms with Crippen LogP contribution in [0.25, 0.3) is 0 Å². The Morgan fingerprint density at radius 3 is 2.70 bits per heavy atom. The Balaban J connectivity index is 2.11. The number of carboxylic acids is 1. The van der Waals surface area contributed by atoms with Crippen LogP contribution in [0.15, 0.2) is 12.3 Å². The maximum atomic E-state index is 12.5. The molecule has 0 unspecified atom stereocenters. The van der Waals surface area contributed by atoms with Crippen molar-refractivity contribution in [1.29, 1.82) is 0 Å². The van der Waals surface area contributed by atoms with Crippen LogP contribution in [0.1, 0.15) is 29.8 Å². The standard InChI is InChI=1S/C13H17ClN2O4/c14-9-7-11(15-8-9)13(19)16(4-1-12(17)18)10-2-5-20-6-3-10/h7-8,10,15H,1-6H2,(H,17,18). The van der Waals surface area contributed by atoms with Crippen LogP contribution in [0.2, 0.25) is 5.02 Å². The highest BCUT2D eigenvalue weighted by atomic mass is 35.5. The van der Waals surface area contributed by atoms with Gasteiger partial charge < -0.3 is 19.7 Å². The predicted octanol–water partition coefficient (Wildman–Crippen LogP) is 1.76. The fourth-order valence-electron chi connectivity index (χ4n) is 2.31. The van der Waals surface area contributed by atoms with Gasteiger partial charge in [0.15, 0.2) is 0 Å². The van der Waals surface area contributed by atoms with Gasteiger partial charge in [0.05, 0.1) is 11.4 Å². The molecule has 1 amide bonds. The Hall–Kier alpha value is -1.53. The number of nitrogens with one attached hydrogen (secondary N) is 1. The smallest absolute Gasteiger partial charge is 0.305 e. The molecule has 0 saturated carbocycles. The molecule has 1 aliphatic heterocycles. The quantitative estimate of drug-likeness (QED) is 0.868. The first kappa shape index (κ1) is 14.9. The van der Waals surface area contributed by atoms with Crippen LogP contribution in [-0.4, -0.2) is 52.7 Å². The van der Waals surface area contributed by atoms with Crippen LogP contribution in [0, 0.1) is 0 Å². The van der Waals surface area contributed by atoms with E-state index in [0.29, 0.717) is 23.9 Å². The zero-order valence-electron chi connectivity index (χ0n) is 11.0. The average Bonchev–Trinajstić information content (AvgIpc) is 2.86. The van der Waals surface area contributed by atoms with Crippen LogP contribution in [0.5, 0.6) is 0 Å². The summed E-state index contributed by atoms with van der Waals surface area (Å²) in [6.07, 6.45) is 2.91. The van der Waals surface area contributed by atoms with Crippen molar-refractivity contribution < 1.29 is 19.4 Å². The summed E-state index contributed by atoms with van der Waals surface area (Å²) in [6, 6.07) is 1.56. The summed E-state index contributed by atoms with van der Waals surface area (Å²) in [4.78, 5) is 27.7. The van der Waals surface area contributed by atoms with Gasteiger partial charge in [-0.3, -0.25) is 9.59 Å². The predicted molar refractivity (Wildman–Crippen MR) is 72.9 cm³/mol. The first-order chi connectivity index (χ1) is 9.58. The van der Waals surface area contributed by atoms with Crippen molar-refractivity contribution in [1.82, 2.24) is 9.88 Å². The largest absolute Gasteiger partial charge is 0.481 e. The Labute approximate surface area is 121 Å². The molecule has 0 aliphatic carbocycles. The van der Waals surface area contributed by atoms with E-state index in [0.717, 1.165) is 12.8 Å². The zero-order chi connectivity index (χ0) is 14.5. The van der Waals surface area contributed by atoms with Crippen LogP contribution >= 0.6 is 11.6 Å². The maximum Gasteiger partial charge on any atom is 0.305 e. The summed E-state index contributed by atoms with van der Waals surface area (Å²) in [5.74, 6) is -1.13. The van der Waals surface area contributed by atoms with E-state index in [1.807, 2.05) is 0 Å². The Kier molecular flexibility index (Phi) is 5.03. The fourth-order valence-corrected chi connectivity index (χ4v) is 2.47. The van der Waals surface area contributed by atoms with Crippen molar-refractivity contribution in [2.24, 2.45) is 0 Å². The number of aromatic nitrogens is 1. The highest BCUT2D eigenvalue weighted by Crippen LogP contribution is 2.19. The van der Waals surface area contributed by atoms with Gasteiger partial charge in [0.1, 0.15) is 5.69 Å². The normalized spacial score (nSPS) is 16.1. The third kappa shape index (κ3) is 3.74. The van der Waals surface area contributed by atoms with Crippen molar-refractivity contribution in [2.45, 2.75) is 25.3 Å². The molecule has 6 nitrogen and oxygen atoms in total. The van der Waals surface area contributed by atoms with E-state index in [9.17, 15) is 9.59 Å². The van der Waals surface area contributed by atoms with Gasteiger partial charge in [-0.2, -0.15) is 0 Å². The van der Waals surface area contributed by atoms with Crippen molar-refractivity contribution in [3.05, 3.63) is 23.0 Å². The second-order valence-corrected chi connectivity index (χ2v) is 5.15. The van der Waals surface area contributed by atoms with Crippen molar-refractivity contribution in [3.63, 3.8) is 0 Å². The molecule has 20 heavy (non-hydrogen) atoms. The van der Waals surface area contributed by atoms with Crippen molar-refractivity contribution in [2.75, 3.05) is 19.8 Å². The molecular weight excluding hydrogens is 284 g/mol. The SMILES string of the molecule is O=C(O)CCN(C(=O)c1cc(Cl)c[nH]1)C1CCOCC1. The van der Waals surface area contributed by atoms with E-state index in [-0.39, 0.29) is 24.9 Å². The zero-order valence-corrected chi connectivity index (χ0v) is 11.7. The number of aliphatic carboxylic acids is 1. The highest BCUT2D eigenvalue weighted by molar-refractivity contribution is 6.30. The van der Waals surface area contributed by atoms with Crippen LogP contribution in [0.4, 0.5) is 0 Å². The van der Waals surface area contributed by atoms with Gasteiger partial charge in [-0.25, -0.2) is 0 Å². The number of nitrogens with zero attached hydrogens (tertiary/aromatic N) is 1. The second kappa shape index (κ2) is 6.76. The molecule has 1 fully saturated rings. The molecule has 0 atom stereocenters. The fraction of sp³-hybridized carbons (Fsp3) is 0.538. The molecule has 110 valence electrons. The van der Waals surface area contributed by atoms with Gasteiger partial charge in [-0.05, 0) is 18.9 Å². The lowest BCUT2D eigenvalue weighted by Gasteiger charge is -2.33. The molecule has 1 aromatic heterocycles. The average molecular weight is 301 g/mol. The first-order valence-corrected chi connectivity index (χ1v) is 6.90. The van der Waals surface area contributed by atoms with Gasteiger partial charge in [-0.15, -0.1) is 0 Å². The summed E-state index contributed by atoms with van der Waals surface area (Å²) in [5, 5.41) is 9.28. The molecule has 1 aliphatic rings. The topological polar surface area (TPSA) is 82.6 Å². The first-order valence-electron chi connectivity index (χ1n) is 6.52. The van der Waals surface area contributed by atoms with E-state index in [1.165, 1.54) is 6.20 Å². The van der Waals surface area contributed by atoms with Gasteiger partial charge in [0.25, 0.3) is 5.91 Å². The number of carboxylic acid groups (broad SMARTS) is 1. The molecule has 0 radical (unpaired) electrons. The number of carbonyl (C=O) groups is 2. The molecule has 2 N–H and O–H groups in total. The number of carbonyl (C=O) groups excluding carboxylic acids is 1. The number of hydrogen-bond acceptors (Lipinski definition) is 3. The Morgan fingerprint density at radius 1 is 1.45 bits per heavy atom. The van der Waals surface area contributed by atoms with E-state index >= 15 is 0 Å². The van der Waals surface area contributed by atoms with Crippen LogP contribution in [0.3, 0.4) is 0 Å². The van der Waals surface area contributed by atoms with Crippen molar-refractivity contribution in [3.8, 4) is 0 Å². The lowest BCUT2D eigenvalue weighted by molar-refractivity contribution is -0.137. The van der Waals surface area contributed by atoms with E-state index in [1.54, 1.807) is 11.0 Å². The summed E-state index contributed by atoms with van der Waals surface area (Å²) in [5.41, 5.74) is 0.381. The minimum Gasteiger partial charge on any atom is -0.481 e. The van der Waals surface area contributed by atoms with Crippen LogP contribution in [-0.2, 0) is 9.53 Å². The third-order valence-electron chi connectivity index (χ3n) is 3.34. The van der Waals surface area contributed by atoms with Crippen LogP contribution < -0.4 is 0 Å². The van der Waals surface area contributed by atoms with Gasteiger partial charge >= 0.3 is 5.97 Å². The molecular formula is C13H17ClN2O4. The third-order valence-corrected chi connectivity index (χ3v) is 3.56. The summed E-state index contributed by atoms with van der Waals surface area (Å²) in [7, 11) is 0. The summed E-state index contributed by atoms with van der Waals surface area (Å²) >= 11 is 5.81. The molecule has 1 aromatic rings. The molecule has 0 bridgehead atoms.